The van der Waals surface area contributed by atoms with Gasteiger partial charge in [-0.1, -0.05) is 25.8 Å². The molecular formula is C17H24O4. The Morgan fingerprint density at radius 2 is 2.00 bits per heavy atom. The number of methoxy groups -OCH3 is 2. The molecule has 4 heteroatoms. The summed E-state index contributed by atoms with van der Waals surface area (Å²) in [6.45, 7) is 4.65. The van der Waals surface area contributed by atoms with Crippen molar-refractivity contribution in [1.82, 2.24) is 0 Å². The molecule has 0 aromatic rings. The zero-order valence-corrected chi connectivity index (χ0v) is 12.9. The van der Waals surface area contributed by atoms with Crippen LogP contribution in [-0.2, 0) is 19.0 Å². The maximum Gasteiger partial charge on any atom is 0.334 e. The Balaban J connectivity index is 1.98. The number of hydrogen-bond donors (Lipinski definition) is 0. The van der Waals surface area contributed by atoms with E-state index in [1.165, 1.54) is 39.2 Å². The minimum Gasteiger partial charge on any atom is -0.466 e. The van der Waals surface area contributed by atoms with Crippen LogP contribution in [0.3, 0.4) is 0 Å². The molecule has 0 N–H and O–H groups in total. The molecule has 2 aliphatic carbocycles. The van der Waals surface area contributed by atoms with Gasteiger partial charge in [-0.25, -0.2) is 4.79 Å². The van der Waals surface area contributed by atoms with Crippen molar-refractivity contribution in [2.45, 2.75) is 50.2 Å². The Morgan fingerprint density at radius 1 is 1.29 bits per heavy atom. The molecule has 3 rings (SSSR count). The molecule has 116 valence electrons. The summed E-state index contributed by atoms with van der Waals surface area (Å²) in [6, 6.07) is 0. The second-order valence-corrected chi connectivity index (χ2v) is 6.30. The number of fused-ring (bicyclic) bond motifs is 1. The molecule has 0 unspecified atom stereocenters. The van der Waals surface area contributed by atoms with Gasteiger partial charge in [-0.3, -0.25) is 0 Å². The summed E-state index contributed by atoms with van der Waals surface area (Å²) in [5, 5.41) is 0. The molecule has 0 bridgehead atoms. The van der Waals surface area contributed by atoms with Crippen LogP contribution in [0.5, 0.6) is 0 Å². The van der Waals surface area contributed by atoms with Crippen LogP contribution in [-0.4, -0.2) is 38.5 Å². The van der Waals surface area contributed by atoms with Gasteiger partial charge in [0.05, 0.1) is 19.8 Å². The fraction of sp³-hybridized carbons (Fsp3) is 0.706. The highest BCUT2D eigenvalue weighted by Crippen LogP contribution is 2.53. The number of carbonyl (C=O) groups excluding carboxylic acids is 1. The van der Waals surface area contributed by atoms with E-state index in [1.807, 2.05) is 0 Å². The fourth-order valence-corrected chi connectivity index (χ4v) is 4.35. The lowest BCUT2D eigenvalue weighted by atomic mass is 9.75. The second-order valence-electron chi connectivity index (χ2n) is 6.30. The van der Waals surface area contributed by atoms with Crippen molar-refractivity contribution in [2.24, 2.45) is 5.92 Å². The van der Waals surface area contributed by atoms with Crippen LogP contribution in [0.2, 0.25) is 0 Å². The Morgan fingerprint density at radius 3 is 2.62 bits per heavy atom. The molecule has 1 heterocycles. The van der Waals surface area contributed by atoms with Gasteiger partial charge < -0.3 is 14.2 Å². The van der Waals surface area contributed by atoms with E-state index < -0.39 is 5.60 Å². The lowest BCUT2D eigenvalue weighted by Gasteiger charge is -2.38. The van der Waals surface area contributed by atoms with E-state index >= 15 is 0 Å². The fourth-order valence-electron chi connectivity index (χ4n) is 4.35. The lowest BCUT2D eigenvalue weighted by Crippen LogP contribution is -2.46. The summed E-state index contributed by atoms with van der Waals surface area (Å²) in [7, 11) is 3.12. The van der Waals surface area contributed by atoms with E-state index in [0.29, 0.717) is 24.5 Å². The van der Waals surface area contributed by atoms with Crippen LogP contribution < -0.4 is 0 Å². The zero-order valence-electron chi connectivity index (χ0n) is 12.9. The summed E-state index contributed by atoms with van der Waals surface area (Å²) < 4.78 is 16.9. The molecule has 3 aliphatic rings. The maximum absolute atomic E-state index is 12.0. The number of rotatable bonds is 3. The van der Waals surface area contributed by atoms with Crippen LogP contribution >= 0.6 is 0 Å². The Labute approximate surface area is 126 Å². The van der Waals surface area contributed by atoms with Gasteiger partial charge in [-0.05, 0) is 24.3 Å². The summed E-state index contributed by atoms with van der Waals surface area (Å²) in [4.78, 5) is 12.0. The minimum atomic E-state index is -0.606. The van der Waals surface area contributed by atoms with Gasteiger partial charge in [0, 0.05) is 24.7 Å². The largest absolute Gasteiger partial charge is 0.466 e. The van der Waals surface area contributed by atoms with Gasteiger partial charge in [-0.15, -0.1) is 0 Å². The first-order valence-electron chi connectivity index (χ1n) is 7.81. The molecule has 0 radical (unpaired) electrons. The number of hydrogen-bond acceptors (Lipinski definition) is 4. The highest BCUT2D eigenvalue weighted by Gasteiger charge is 2.58. The van der Waals surface area contributed by atoms with Gasteiger partial charge in [0.1, 0.15) is 5.60 Å². The average molecular weight is 292 g/mol. The maximum atomic E-state index is 12.0. The molecule has 2 atom stereocenters. The smallest absolute Gasteiger partial charge is 0.334 e. The summed E-state index contributed by atoms with van der Waals surface area (Å²) in [6.07, 6.45) is 6.68. The molecule has 0 aromatic carbocycles. The normalized spacial score (nSPS) is 33.4. The van der Waals surface area contributed by atoms with E-state index in [4.69, 9.17) is 14.2 Å². The van der Waals surface area contributed by atoms with E-state index in [-0.39, 0.29) is 12.1 Å². The predicted molar refractivity (Wildman–Crippen MR) is 78.9 cm³/mol. The molecule has 1 saturated heterocycles. The van der Waals surface area contributed by atoms with E-state index in [1.54, 1.807) is 7.11 Å². The Hall–Kier alpha value is -1.13. The standard InChI is InChI=1S/C17H24O4/c1-11-9-13(16(18)19-2)14-10-21-15(17(11,14)20-3)12-7-5-4-6-8-12/h12,15H,1,4-10H2,2-3H3/t15-,17-/m0/s1. The monoisotopic (exact) mass is 292 g/mol. The van der Waals surface area contributed by atoms with Gasteiger partial charge in [0.2, 0.25) is 0 Å². The molecule has 1 aliphatic heterocycles. The molecule has 2 fully saturated rings. The van der Waals surface area contributed by atoms with Gasteiger partial charge in [0.15, 0.2) is 0 Å². The van der Waals surface area contributed by atoms with Crippen LogP contribution in [0.4, 0.5) is 0 Å². The summed E-state index contributed by atoms with van der Waals surface area (Å²) in [5.41, 5.74) is 1.96. The van der Waals surface area contributed by atoms with Crippen molar-refractivity contribution in [1.29, 1.82) is 0 Å². The second kappa shape index (κ2) is 5.58. The van der Waals surface area contributed by atoms with Crippen molar-refractivity contribution < 1.29 is 19.0 Å². The van der Waals surface area contributed by atoms with E-state index in [0.717, 1.165) is 11.1 Å². The predicted octanol–water partition coefficient (Wildman–Crippen LogP) is 2.78. The highest BCUT2D eigenvalue weighted by molar-refractivity contribution is 5.92. The number of carbonyl (C=O) groups is 1. The van der Waals surface area contributed by atoms with Gasteiger partial charge in [-0.2, -0.15) is 0 Å². The molecule has 0 aromatic heterocycles. The van der Waals surface area contributed by atoms with E-state index in [2.05, 4.69) is 6.58 Å². The molecule has 0 amide bonds. The van der Waals surface area contributed by atoms with E-state index in [9.17, 15) is 4.79 Å². The Bertz CT molecular complexity index is 487. The first kappa shape index (κ1) is 14.8. The third kappa shape index (κ3) is 2.08. The Kier molecular flexibility index (Phi) is 3.93. The first-order chi connectivity index (χ1) is 10.1. The summed E-state index contributed by atoms with van der Waals surface area (Å²) in [5.74, 6) is 0.211. The van der Waals surface area contributed by atoms with Crippen molar-refractivity contribution in [3.8, 4) is 0 Å². The van der Waals surface area contributed by atoms with Gasteiger partial charge in [0.25, 0.3) is 0 Å². The average Bonchev–Trinajstić information content (AvgIpc) is 3.04. The minimum absolute atomic E-state index is 0.00699. The highest BCUT2D eigenvalue weighted by atomic mass is 16.6. The SMILES string of the molecule is C=C1CC(C(=O)OC)=C2CO[C@@H](C3CCCCC3)[C@]12OC. The molecular weight excluding hydrogens is 268 g/mol. The quantitative estimate of drug-likeness (QED) is 0.592. The molecule has 4 nitrogen and oxygen atoms in total. The van der Waals surface area contributed by atoms with Crippen molar-refractivity contribution in [3.63, 3.8) is 0 Å². The first-order valence-corrected chi connectivity index (χ1v) is 7.81. The number of esters is 1. The van der Waals surface area contributed by atoms with Crippen molar-refractivity contribution >= 4 is 5.97 Å². The molecule has 21 heavy (non-hydrogen) atoms. The third-order valence-electron chi connectivity index (χ3n) is 5.37. The lowest BCUT2D eigenvalue weighted by molar-refractivity contribution is -0.136. The van der Waals surface area contributed by atoms with Crippen LogP contribution in [0.25, 0.3) is 0 Å². The van der Waals surface area contributed by atoms with Crippen molar-refractivity contribution in [2.75, 3.05) is 20.8 Å². The topological polar surface area (TPSA) is 44.8 Å². The van der Waals surface area contributed by atoms with Crippen molar-refractivity contribution in [3.05, 3.63) is 23.3 Å². The third-order valence-corrected chi connectivity index (χ3v) is 5.37. The summed E-state index contributed by atoms with van der Waals surface area (Å²) >= 11 is 0. The zero-order chi connectivity index (χ0) is 15.0. The van der Waals surface area contributed by atoms with Gasteiger partial charge >= 0.3 is 5.97 Å². The molecule has 0 spiro atoms. The number of ether oxygens (including phenoxy) is 3. The van der Waals surface area contributed by atoms with Crippen LogP contribution in [0, 0.1) is 5.92 Å². The van der Waals surface area contributed by atoms with Crippen LogP contribution in [0.15, 0.2) is 23.3 Å². The van der Waals surface area contributed by atoms with Crippen LogP contribution in [0.1, 0.15) is 38.5 Å². The molecule has 1 saturated carbocycles.